The molecule has 1 atom stereocenters. The van der Waals surface area contributed by atoms with Crippen LogP contribution >= 0.6 is 0 Å². The van der Waals surface area contributed by atoms with Gasteiger partial charge in [-0.15, -0.1) is 0 Å². The third-order valence-corrected chi connectivity index (χ3v) is 5.57. The minimum atomic E-state index is -3.59. The summed E-state index contributed by atoms with van der Waals surface area (Å²) in [5.41, 5.74) is 2.25. The van der Waals surface area contributed by atoms with Gasteiger partial charge in [0.05, 0.1) is 4.90 Å². The molecule has 0 aromatic heterocycles. The molecule has 0 bridgehead atoms. The lowest BCUT2D eigenvalue weighted by Crippen LogP contribution is -2.30. The van der Waals surface area contributed by atoms with Crippen LogP contribution in [0.25, 0.3) is 0 Å². The topological polar surface area (TPSA) is 58.5 Å². The van der Waals surface area contributed by atoms with Gasteiger partial charge in [-0.1, -0.05) is 46.8 Å². The van der Waals surface area contributed by atoms with Crippen LogP contribution in [0.1, 0.15) is 65.4 Å². The lowest BCUT2D eigenvalue weighted by Gasteiger charge is -2.34. The van der Waals surface area contributed by atoms with Crippen LogP contribution in [0.15, 0.2) is 34.3 Å². The van der Waals surface area contributed by atoms with Gasteiger partial charge < -0.3 is 0 Å². The quantitative estimate of drug-likeness (QED) is 0.834. The molecule has 0 heterocycles. The Morgan fingerprint density at radius 2 is 1.83 bits per heavy atom. The van der Waals surface area contributed by atoms with Gasteiger partial charge in [-0.05, 0) is 54.2 Å². The number of hydrazone groups is 1. The Labute approximate surface area is 140 Å². The third kappa shape index (κ3) is 4.80. The second-order valence-electron chi connectivity index (χ2n) is 7.85. The van der Waals surface area contributed by atoms with Crippen LogP contribution in [0, 0.1) is 11.3 Å². The van der Waals surface area contributed by atoms with E-state index >= 15 is 0 Å². The number of nitrogens with zero attached hydrogens (tertiary/aromatic N) is 1. The first-order valence-corrected chi connectivity index (χ1v) is 9.74. The zero-order valence-electron chi connectivity index (χ0n) is 14.8. The van der Waals surface area contributed by atoms with Crippen LogP contribution in [0.3, 0.4) is 0 Å². The van der Waals surface area contributed by atoms with Crippen LogP contribution in [0.5, 0.6) is 0 Å². The van der Waals surface area contributed by atoms with Gasteiger partial charge in [0.2, 0.25) is 0 Å². The summed E-state index contributed by atoms with van der Waals surface area (Å²) in [6.45, 7) is 10.8. The summed E-state index contributed by atoms with van der Waals surface area (Å²) in [5, 5.41) is 4.21. The highest BCUT2D eigenvalue weighted by Crippen LogP contribution is 2.36. The summed E-state index contributed by atoms with van der Waals surface area (Å²) in [4.78, 5) is 2.67. The van der Waals surface area contributed by atoms with Crippen molar-refractivity contribution in [2.45, 2.75) is 64.7 Å². The fraction of sp³-hybridized carbons (Fsp3) is 0.611. The van der Waals surface area contributed by atoms with Crippen molar-refractivity contribution < 1.29 is 8.42 Å². The molecule has 23 heavy (non-hydrogen) atoms. The molecule has 0 spiro atoms. The highest BCUT2D eigenvalue weighted by molar-refractivity contribution is 7.89. The average Bonchev–Trinajstić information content (AvgIpc) is 2.43. The second-order valence-corrected chi connectivity index (χ2v) is 9.51. The molecule has 4 nitrogen and oxygen atoms in total. The van der Waals surface area contributed by atoms with Gasteiger partial charge in [0.15, 0.2) is 0 Å². The van der Waals surface area contributed by atoms with Crippen molar-refractivity contribution in [1.82, 2.24) is 4.83 Å². The van der Waals surface area contributed by atoms with Crippen molar-refractivity contribution in [3.8, 4) is 0 Å². The summed E-state index contributed by atoms with van der Waals surface area (Å²) < 4.78 is 24.8. The summed E-state index contributed by atoms with van der Waals surface area (Å²) in [6.07, 6.45) is 2.85. The molecule has 0 unspecified atom stereocenters. The van der Waals surface area contributed by atoms with Crippen LogP contribution in [0.2, 0.25) is 0 Å². The number of hydrogen-bond acceptors (Lipinski definition) is 3. The number of benzene rings is 1. The molecule has 0 amide bonds. The van der Waals surface area contributed by atoms with Gasteiger partial charge in [-0.25, -0.2) is 4.83 Å². The minimum absolute atomic E-state index is 0.181. The van der Waals surface area contributed by atoms with Crippen molar-refractivity contribution >= 4 is 15.7 Å². The molecule has 5 heteroatoms. The smallest absolute Gasteiger partial charge is 0.200 e. The fourth-order valence-corrected chi connectivity index (χ4v) is 4.26. The van der Waals surface area contributed by atoms with Crippen LogP contribution in [-0.4, -0.2) is 14.1 Å². The maximum Gasteiger partial charge on any atom is 0.276 e. The molecule has 1 aromatic carbocycles. The minimum Gasteiger partial charge on any atom is -0.200 e. The maximum absolute atomic E-state index is 12.4. The molecule has 1 saturated carbocycles. The Kier molecular flexibility index (Phi) is 5.19. The molecule has 2 rings (SSSR count). The Hall–Kier alpha value is -1.36. The van der Waals surface area contributed by atoms with E-state index in [-0.39, 0.29) is 10.3 Å². The highest BCUT2D eigenvalue weighted by atomic mass is 32.2. The number of sulfonamides is 1. The number of rotatable bonds is 4. The first-order valence-electron chi connectivity index (χ1n) is 8.26. The zero-order chi connectivity index (χ0) is 17.3. The Morgan fingerprint density at radius 1 is 1.22 bits per heavy atom. The van der Waals surface area contributed by atoms with Crippen molar-refractivity contribution in [3.05, 3.63) is 29.8 Å². The van der Waals surface area contributed by atoms with Gasteiger partial charge in [0.1, 0.15) is 0 Å². The molecule has 1 N–H and O–H groups in total. The van der Waals surface area contributed by atoms with Gasteiger partial charge in [-0.2, -0.15) is 13.5 Å². The number of hydrogen-bond donors (Lipinski definition) is 1. The fourth-order valence-electron chi connectivity index (χ4n) is 3.41. The molecule has 1 fully saturated rings. The van der Waals surface area contributed by atoms with Gasteiger partial charge in [0.25, 0.3) is 10.0 Å². The van der Waals surface area contributed by atoms with Crippen LogP contribution < -0.4 is 4.83 Å². The molecule has 1 aromatic rings. The van der Waals surface area contributed by atoms with Crippen molar-refractivity contribution in [1.29, 1.82) is 0 Å². The molecule has 0 aliphatic heterocycles. The SMILES string of the molecule is CC(C)c1ccc(S(=O)(=O)N/N=C2/C[C@H](C)CC(C)(C)C2)cc1. The summed E-state index contributed by atoms with van der Waals surface area (Å²) in [7, 11) is -3.59. The van der Waals surface area contributed by atoms with E-state index < -0.39 is 10.0 Å². The molecule has 1 aliphatic rings. The number of nitrogens with one attached hydrogen (secondary N) is 1. The predicted molar refractivity (Wildman–Crippen MR) is 95.1 cm³/mol. The second kappa shape index (κ2) is 6.63. The largest absolute Gasteiger partial charge is 0.276 e. The van der Waals surface area contributed by atoms with E-state index in [0.717, 1.165) is 30.5 Å². The first kappa shape index (κ1) is 18.0. The van der Waals surface area contributed by atoms with E-state index in [0.29, 0.717) is 11.8 Å². The summed E-state index contributed by atoms with van der Waals surface area (Å²) >= 11 is 0. The molecular formula is C18H28N2O2S. The monoisotopic (exact) mass is 336 g/mol. The van der Waals surface area contributed by atoms with Crippen LogP contribution in [-0.2, 0) is 10.0 Å². The zero-order valence-corrected chi connectivity index (χ0v) is 15.6. The van der Waals surface area contributed by atoms with E-state index in [1.54, 1.807) is 12.1 Å². The third-order valence-electron chi connectivity index (χ3n) is 4.35. The summed E-state index contributed by atoms with van der Waals surface area (Å²) in [6, 6.07) is 7.01. The normalized spacial score (nSPS) is 23.2. The molecule has 1 aliphatic carbocycles. The van der Waals surface area contributed by atoms with E-state index in [4.69, 9.17) is 0 Å². The summed E-state index contributed by atoms with van der Waals surface area (Å²) in [5.74, 6) is 0.915. The van der Waals surface area contributed by atoms with Crippen molar-refractivity contribution in [3.63, 3.8) is 0 Å². The predicted octanol–water partition coefficient (Wildman–Crippen LogP) is 4.29. The molecule has 0 radical (unpaired) electrons. The average molecular weight is 337 g/mol. The molecule has 128 valence electrons. The highest BCUT2D eigenvalue weighted by Gasteiger charge is 2.29. The van der Waals surface area contributed by atoms with Crippen molar-refractivity contribution in [2.75, 3.05) is 0 Å². The molecular weight excluding hydrogens is 308 g/mol. The Balaban J connectivity index is 2.13. The van der Waals surface area contributed by atoms with Gasteiger partial charge in [0, 0.05) is 5.71 Å². The van der Waals surface area contributed by atoms with Gasteiger partial charge in [-0.3, -0.25) is 0 Å². The standard InChI is InChI=1S/C18H28N2O2S/c1-13(2)15-6-8-17(9-7-15)23(21,22)20-19-16-10-14(3)11-18(4,5)12-16/h6-9,13-14,20H,10-12H2,1-5H3/b19-16-/t14-/m0/s1. The van der Waals surface area contributed by atoms with E-state index in [1.165, 1.54) is 0 Å². The van der Waals surface area contributed by atoms with Gasteiger partial charge >= 0.3 is 0 Å². The van der Waals surface area contributed by atoms with E-state index in [2.05, 4.69) is 44.6 Å². The van der Waals surface area contributed by atoms with E-state index in [1.807, 2.05) is 12.1 Å². The van der Waals surface area contributed by atoms with Crippen LogP contribution in [0.4, 0.5) is 0 Å². The van der Waals surface area contributed by atoms with Crippen molar-refractivity contribution in [2.24, 2.45) is 16.4 Å². The lowest BCUT2D eigenvalue weighted by molar-refractivity contribution is 0.265. The van der Waals surface area contributed by atoms with E-state index in [9.17, 15) is 8.42 Å². The molecule has 0 saturated heterocycles. The Bertz CT molecular complexity index is 673. The lowest BCUT2D eigenvalue weighted by atomic mass is 9.72. The maximum atomic E-state index is 12.4. The first-order chi connectivity index (χ1) is 10.6. The Morgan fingerprint density at radius 3 is 2.35 bits per heavy atom.